The second-order valence-electron chi connectivity index (χ2n) is 2.64. The molecular weight excluding hydrogens is 204 g/mol. The fourth-order valence-corrected chi connectivity index (χ4v) is 1.05. The van der Waals surface area contributed by atoms with Crippen molar-refractivity contribution >= 4 is 32.2 Å². The molecule has 7 heteroatoms. The molecule has 3 nitrogen and oxygen atoms in total. The summed E-state index contributed by atoms with van der Waals surface area (Å²) in [6, 6.07) is 0. The summed E-state index contributed by atoms with van der Waals surface area (Å²) < 4.78 is 0. The molecule has 0 fully saturated rings. The zero-order chi connectivity index (χ0) is 8.31. The summed E-state index contributed by atoms with van der Waals surface area (Å²) in [5, 5.41) is 0. The molecule has 0 heterocycles. The molecule has 0 N–H and O–H groups in total. The van der Waals surface area contributed by atoms with E-state index in [2.05, 4.69) is 0 Å². The summed E-state index contributed by atoms with van der Waals surface area (Å²) in [5.41, 5.74) is -0.875. The third-order valence-electron chi connectivity index (χ3n) is 1.49. The molecular formula is C6H14B2KNaO3. The average molecular weight is 218 g/mol. The van der Waals surface area contributed by atoms with Crippen LogP contribution in [0.25, 0.3) is 0 Å². The summed E-state index contributed by atoms with van der Waals surface area (Å²) >= 11 is 0. The standard InChI is InChI=1S/C6H10BO3.BH4.K.Na/c1-4(8)7(5(2)9)6(3)10;;;/h7H,1-3H3;1H4;;/q2*-1;2*+1. The van der Waals surface area contributed by atoms with Crippen molar-refractivity contribution in [2.24, 2.45) is 0 Å². The van der Waals surface area contributed by atoms with Gasteiger partial charge in [0.15, 0.2) is 6.71 Å². The topological polar surface area (TPSA) is 51.2 Å². The first-order chi connectivity index (χ1) is 4.46. The first-order valence-electron chi connectivity index (χ1n) is 3.17. The van der Waals surface area contributed by atoms with E-state index < -0.39 is 6.71 Å². The zero-order valence-corrected chi connectivity index (χ0v) is 13.6. The maximum Gasteiger partial charge on any atom is 1.00 e. The molecule has 0 amide bonds. The van der Waals surface area contributed by atoms with E-state index in [4.69, 9.17) is 0 Å². The normalized spacial score (nSPS) is 7.38. The third kappa shape index (κ3) is 10.1. The minimum absolute atomic E-state index is 0. The molecule has 0 aromatic carbocycles. The van der Waals surface area contributed by atoms with Gasteiger partial charge in [-0.15, -0.1) is 0 Å². The average Bonchev–Trinajstić information content (AvgIpc) is 1.59. The molecule has 0 aliphatic carbocycles. The van der Waals surface area contributed by atoms with Crippen LogP contribution in [0.4, 0.5) is 0 Å². The Bertz CT molecular complexity index is 165. The zero-order valence-electron chi connectivity index (χ0n) is 8.43. The first kappa shape index (κ1) is 24.1. The van der Waals surface area contributed by atoms with Gasteiger partial charge >= 0.3 is 80.9 Å². The maximum atomic E-state index is 10.6. The van der Waals surface area contributed by atoms with Crippen LogP contribution in [0.15, 0.2) is 0 Å². The predicted octanol–water partition coefficient (Wildman–Crippen LogP) is -7.85. The molecule has 0 aliphatic heterocycles. The second kappa shape index (κ2) is 11.8. The smallest absolute Gasteiger partial charge is 0.346 e. The summed E-state index contributed by atoms with van der Waals surface area (Å²) in [6.07, 6.45) is 0. The van der Waals surface area contributed by atoms with E-state index in [-0.39, 0.29) is 106 Å². The van der Waals surface area contributed by atoms with Crippen LogP contribution in [-0.4, -0.2) is 32.2 Å². The third-order valence-corrected chi connectivity index (χ3v) is 1.49. The molecule has 0 bridgehead atoms. The van der Waals surface area contributed by atoms with Crippen molar-refractivity contribution in [3.8, 4) is 0 Å². The van der Waals surface area contributed by atoms with Crippen molar-refractivity contribution in [1.29, 1.82) is 0 Å². The largest absolute Gasteiger partial charge is 1.00 e. The van der Waals surface area contributed by atoms with Gasteiger partial charge in [-0.2, -0.15) is 0 Å². The Kier molecular flexibility index (Phi) is 22.0. The molecule has 0 rings (SSSR count). The van der Waals surface area contributed by atoms with Gasteiger partial charge in [0.25, 0.3) is 0 Å². The molecule has 0 spiro atoms. The van der Waals surface area contributed by atoms with E-state index in [0.29, 0.717) is 0 Å². The van der Waals surface area contributed by atoms with Gasteiger partial charge in [-0.25, -0.2) is 0 Å². The molecule has 0 atom stereocenters. The number of carbonyl (C=O) groups excluding carboxylic acids is 3. The molecule has 13 heavy (non-hydrogen) atoms. The van der Waals surface area contributed by atoms with Crippen molar-refractivity contribution in [2.75, 3.05) is 0 Å². The Hall–Kier alpha value is 1.78. The fraction of sp³-hybridized carbons (Fsp3) is 0.500. The SMILES string of the molecule is CC(=O)[BH-](C(C)=O)C(C)=O.[BH4-].[K+].[Na+]. The van der Waals surface area contributed by atoms with Crippen molar-refractivity contribution in [2.45, 2.75) is 20.8 Å². The van der Waals surface area contributed by atoms with Gasteiger partial charge in [-0.3, -0.25) is 0 Å². The summed E-state index contributed by atoms with van der Waals surface area (Å²) in [6.45, 7) is 2.01. The Balaban J connectivity index is -0.000000135. The van der Waals surface area contributed by atoms with Gasteiger partial charge < -0.3 is 14.4 Å². The molecule has 0 aromatic rings. The summed E-state index contributed by atoms with van der Waals surface area (Å²) in [7, 11) is 0. The number of carbonyl (C=O) groups is 3. The van der Waals surface area contributed by atoms with Crippen LogP contribution >= 0.6 is 0 Å². The number of hydrogen-bond acceptors (Lipinski definition) is 3. The number of hydrogen-bond donors (Lipinski definition) is 0. The van der Waals surface area contributed by atoms with Crippen molar-refractivity contribution < 1.29 is 95.3 Å². The first-order valence-corrected chi connectivity index (χ1v) is 3.17. The van der Waals surface area contributed by atoms with Gasteiger partial charge in [-0.05, 0) is 37.8 Å². The van der Waals surface area contributed by atoms with Crippen LogP contribution in [0.1, 0.15) is 20.8 Å². The second-order valence-corrected chi connectivity index (χ2v) is 2.64. The summed E-state index contributed by atoms with van der Waals surface area (Å²) in [4.78, 5) is 31.9. The molecule has 0 aromatic heterocycles. The molecule has 0 saturated heterocycles. The van der Waals surface area contributed by atoms with Crippen LogP contribution in [0.2, 0.25) is 0 Å². The van der Waals surface area contributed by atoms with E-state index >= 15 is 0 Å². The molecule has 0 unspecified atom stereocenters. The Morgan fingerprint density at radius 1 is 0.846 bits per heavy atom. The van der Waals surface area contributed by atoms with Gasteiger partial charge in [0.2, 0.25) is 0 Å². The Labute approximate surface area is 146 Å². The van der Waals surface area contributed by atoms with Crippen molar-refractivity contribution in [3.05, 3.63) is 0 Å². The quantitative estimate of drug-likeness (QED) is 0.442. The van der Waals surface area contributed by atoms with Crippen molar-refractivity contribution in [1.82, 2.24) is 0 Å². The van der Waals surface area contributed by atoms with E-state index in [1.807, 2.05) is 0 Å². The maximum absolute atomic E-state index is 10.6. The minimum atomic E-state index is -1.83. The monoisotopic (exact) mass is 218 g/mol. The van der Waals surface area contributed by atoms with Crippen LogP contribution in [0.5, 0.6) is 0 Å². The van der Waals surface area contributed by atoms with Crippen LogP contribution in [0.3, 0.4) is 0 Å². The van der Waals surface area contributed by atoms with Crippen LogP contribution < -0.4 is 80.9 Å². The van der Waals surface area contributed by atoms with Gasteiger partial charge in [0, 0.05) is 0 Å². The van der Waals surface area contributed by atoms with E-state index in [1.54, 1.807) is 0 Å². The molecule has 64 valence electrons. The van der Waals surface area contributed by atoms with Gasteiger partial charge in [0.1, 0.15) is 0 Å². The van der Waals surface area contributed by atoms with Crippen molar-refractivity contribution in [3.63, 3.8) is 0 Å². The summed E-state index contributed by atoms with van der Waals surface area (Å²) in [5.74, 6) is 0. The molecule has 0 aliphatic rings. The van der Waals surface area contributed by atoms with E-state index in [0.717, 1.165) is 0 Å². The van der Waals surface area contributed by atoms with E-state index in [1.165, 1.54) is 20.8 Å². The van der Waals surface area contributed by atoms with Gasteiger partial charge in [0.05, 0.1) is 0 Å². The fourth-order valence-electron chi connectivity index (χ4n) is 1.05. The Morgan fingerprint density at radius 3 is 1.00 bits per heavy atom. The van der Waals surface area contributed by atoms with E-state index in [9.17, 15) is 14.4 Å². The number of rotatable bonds is 3. The molecule has 0 radical (unpaired) electrons. The Morgan fingerprint density at radius 2 is 1.00 bits per heavy atom. The van der Waals surface area contributed by atoms with Crippen LogP contribution in [0, 0.1) is 0 Å². The predicted molar refractivity (Wildman–Crippen MR) is 50.5 cm³/mol. The van der Waals surface area contributed by atoms with Crippen LogP contribution in [-0.2, 0) is 14.4 Å². The molecule has 0 saturated carbocycles. The minimum Gasteiger partial charge on any atom is -0.346 e. The van der Waals surface area contributed by atoms with Gasteiger partial charge in [-0.1, -0.05) is 8.41 Å².